The average Bonchev–Trinajstić information content (AvgIpc) is 2.98. The van der Waals surface area contributed by atoms with Crippen LogP contribution in [0.3, 0.4) is 0 Å². The molecule has 4 heteroatoms. The van der Waals surface area contributed by atoms with Crippen LogP contribution in [0.4, 0.5) is 0 Å². The SMILES string of the molecule is C[C@H](/C=C/C(=O)O)C1=CC[C@H]2[C@@H]3CC=C4C[C@@H](O)C[C@H](O)[C@]4(C)[C@H]3CC[C@]12C. The van der Waals surface area contributed by atoms with Crippen LogP contribution in [0.25, 0.3) is 0 Å². The second kappa shape index (κ2) is 6.84. The van der Waals surface area contributed by atoms with Gasteiger partial charge in [0.15, 0.2) is 0 Å². The van der Waals surface area contributed by atoms with E-state index in [-0.39, 0.29) is 16.7 Å². The molecule has 4 aliphatic rings. The fraction of sp³-hybridized carbons (Fsp3) is 0.708. The molecular weight excluding hydrogens is 352 g/mol. The third-order valence-corrected chi connectivity index (χ3v) is 8.84. The van der Waals surface area contributed by atoms with Gasteiger partial charge in [-0.2, -0.15) is 0 Å². The first kappa shape index (κ1) is 19.9. The minimum atomic E-state index is -0.887. The summed E-state index contributed by atoms with van der Waals surface area (Å²) in [5, 5.41) is 30.1. The van der Waals surface area contributed by atoms with E-state index in [2.05, 4.69) is 32.9 Å². The summed E-state index contributed by atoms with van der Waals surface area (Å²) >= 11 is 0. The molecule has 0 amide bonds. The second-order valence-corrected chi connectivity index (χ2v) is 10.1. The van der Waals surface area contributed by atoms with E-state index in [0.717, 1.165) is 25.7 Å². The Bertz CT molecular complexity index is 750. The standard InChI is InChI=1S/C24H34O4/c1-14(4-9-22(27)28)18-7-8-19-17-6-5-15-12-16(25)13-21(26)24(15,3)20(17)10-11-23(18,19)2/h4-5,7,9,14,16-17,19-21,25-26H,6,8,10-13H2,1-3H3,(H,27,28)/b9-4+/t14-,16-,17+,19+,20+,21+,23-,24+/m1/s1. The van der Waals surface area contributed by atoms with Crippen LogP contribution in [-0.4, -0.2) is 33.5 Å². The molecule has 28 heavy (non-hydrogen) atoms. The van der Waals surface area contributed by atoms with E-state index in [1.165, 1.54) is 17.2 Å². The first-order valence-electron chi connectivity index (χ1n) is 10.8. The predicted octanol–water partition coefficient (Wildman–Crippen LogP) is 4.09. The Hall–Kier alpha value is -1.39. The molecule has 154 valence electrons. The maximum absolute atomic E-state index is 11.0. The molecular formula is C24H34O4. The molecule has 0 saturated heterocycles. The zero-order valence-corrected chi connectivity index (χ0v) is 17.3. The van der Waals surface area contributed by atoms with Crippen LogP contribution in [0, 0.1) is 34.5 Å². The van der Waals surface area contributed by atoms with Crippen LogP contribution in [0.15, 0.2) is 35.5 Å². The molecule has 2 fully saturated rings. The summed E-state index contributed by atoms with van der Waals surface area (Å²) in [6, 6.07) is 0. The van der Waals surface area contributed by atoms with Gasteiger partial charge in [0, 0.05) is 17.9 Å². The molecule has 3 N–H and O–H groups in total. The van der Waals surface area contributed by atoms with Crippen molar-refractivity contribution in [1.29, 1.82) is 0 Å². The van der Waals surface area contributed by atoms with E-state index < -0.39 is 18.2 Å². The third kappa shape index (κ3) is 2.83. The average molecular weight is 387 g/mol. The van der Waals surface area contributed by atoms with Crippen molar-refractivity contribution in [3.63, 3.8) is 0 Å². The molecule has 2 saturated carbocycles. The molecule has 0 radical (unpaired) electrons. The molecule has 4 rings (SSSR count). The maximum Gasteiger partial charge on any atom is 0.327 e. The molecule has 0 spiro atoms. The highest BCUT2D eigenvalue weighted by Crippen LogP contribution is 2.65. The number of aliphatic hydroxyl groups excluding tert-OH is 2. The highest BCUT2D eigenvalue weighted by Gasteiger charge is 2.59. The van der Waals surface area contributed by atoms with Gasteiger partial charge in [0.1, 0.15) is 0 Å². The molecule has 0 unspecified atom stereocenters. The van der Waals surface area contributed by atoms with Crippen molar-refractivity contribution in [2.45, 2.75) is 71.5 Å². The van der Waals surface area contributed by atoms with E-state index in [1.54, 1.807) is 0 Å². The summed E-state index contributed by atoms with van der Waals surface area (Å²) in [4.78, 5) is 10.9. The molecule has 0 aromatic heterocycles. The lowest BCUT2D eigenvalue weighted by molar-refractivity contribution is -0.131. The molecule has 4 nitrogen and oxygen atoms in total. The number of rotatable bonds is 3. The molecule has 0 aromatic carbocycles. The Morgan fingerprint density at radius 3 is 2.68 bits per heavy atom. The molecule has 0 aromatic rings. The van der Waals surface area contributed by atoms with Gasteiger partial charge in [0.2, 0.25) is 0 Å². The summed E-state index contributed by atoms with van der Waals surface area (Å²) in [6.07, 6.45) is 12.4. The van der Waals surface area contributed by atoms with Crippen molar-refractivity contribution < 1.29 is 20.1 Å². The topological polar surface area (TPSA) is 77.8 Å². The summed E-state index contributed by atoms with van der Waals surface area (Å²) in [5.74, 6) is 0.814. The van der Waals surface area contributed by atoms with Crippen molar-refractivity contribution in [3.05, 3.63) is 35.5 Å². The van der Waals surface area contributed by atoms with Gasteiger partial charge in [-0.25, -0.2) is 4.79 Å². The van der Waals surface area contributed by atoms with Gasteiger partial charge in [0.25, 0.3) is 0 Å². The highest BCUT2D eigenvalue weighted by atomic mass is 16.4. The number of carboxylic acids is 1. The van der Waals surface area contributed by atoms with Crippen LogP contribution in [0.2, 0.25) is 0 Å². The summed E-state index contributed by atoms with van der Waals surface area (Å²) < 4.78 is 0. The molecule has 4 aliphatic carbocycles. The largest absolute Gasteiger partial charge is 0.478 e. The van der Waals surface area contributed by atoms with Crippen molar-refractivity contribution in [1.82, 2.24) is 0 Å². The molecule has 0 heterocycles. The van der Waals surface area contributed by atoms with Crippen LogP contribution < -0.4 is 0 Å². The monoisotopic (exact) mass is 386 g/mol. The summed E-state index contributed by atoms with van der Waals surface area (Å²) in [5.41, 5.74) is 2.58. The Kier molecular flexibility index (Phi) is 4.86. The predicted molar refractivity (Wildman–Crippen MR) is 109 cm³/mol. The van der Waals surface area contributed by atoms with Gasteiger partial charge in [-0.1, -0.05) is 50.1 Å². The minimum Gasteiger partial charge on any atom is -0.478 e. The number of aliphatic hydroxyl groups is 2. The minimum absolute atomic E-state index is 0.115. The zero-order chi connectivity index (χ0) is 20.3. The van der Waals surface area contributed by atoms with Gasteiger partial charge < -0.3 is 15.3 Å². The summed E-state index contributed by atoms with van der Waals surface area (Å²) in [6.45, 7) is 6.72. The fourth-order valence-electron chi connectivity index (χ4n) is 7.34. The van der Waals surface area contributed by atoms with Crippen molar-refractivity contribution in [2.75, 3.05) is 0 Å². The first-order chi connectivity index (χ1) is 13.2. The lowest BCUT2D eigenvalue weighted by Crippen LogP contribution is -2.55. The van der Waals surface area contributed by atoms with Gasteiger partial charge >= 0.3 is 5.97 Å². The van der Waals surface area contributed by atoms with Crippen LogP contribution in [0.5, 0.6) is 0 Å². The van der Waals surface area contributed by atoms with Gasteiger partial charge in [-0.3, -0.25) is 0 Å². The summed E-state index contributed by atoms with van der Waals surface area (Å²) in [7, 11) is 0. The van der Waals surface area contributed by atoms with Crippen molar-refractivity contribution in [2.24, 2.45) is 34.5 Å². The van der Waals surface area contributed by atoms with Crippen molar-refractivity contribution in [3.8, 4) is 0 Å². The fourth-order valence-corrected chi connectivity index (χ4v) is 7.34. The molecule has 0 bridgehead atoms. The Morgan fingerprint density at radius 2 is 1.96 bits per heavy atom. The van der Waals surface area contributed by atoms with Gasteiger partial charge in [0.05, 0.1) is 12.2 Å². The van der Waals surface area contributed by atoms with Crippen molar-refractivity contribution >= 4 is 5.97 Å². The quantitative estimate of drug-likeness (QED) is 0.504. The van der Waals surface area contributed by atoms with Gasteiger partial charge in [-0.05, 0) is 61.2 Å². The highest BCUT2D eigenvalue weighted by molar-refractivity contribution is 5.79. The van der Waals surface area contributed by atoms with E-state index in [4.69, 9.17) is 5.11 Å². The number of aliphatic carboxylic acids is 1. The number of fused-ring (bicyclic) bond motifs is 5. The van der Waals surface area contributed by atoms with E-state index >= 15 is 0 Å². The number of hydrogen-bond donors (Lipinski definition) is 3. The first-order valence-corrected chi connectivity index (χ1v) is 10.8. The van der Waals surface area contributed by atoms with Crippen LogP contribution in [0.1, 0.15) is 59.3 Å². The number of carboxylic acid groups (broad SMARTS) is 1. The normalized spacial score (nSPS) is 46.2. The Morgan fingerprint density at radius 1 is 1.21 bits per heavy atom. The maximum atomic E-state index is 11.0. The Balaban J connectivity index is 1.61. The van der Waals surface area contributed by atoms with Gasteiger partial charge in [-0.15, -0.1) is 0 Å². The second-order valence-electron chi connectivity index (χ2n) is 10.1. The Labute approximate surface area is 168 Å². The van der Waals surface area contributed by atoms with E-state index in [9.17, 15) is 15.0 Å². The molecule has 0 aliphatic heterocycles. The van der Waals surface area contributed by atoms with Crippen LogP contribution in [-0.2, 0) is 4.79 Å². The van der Waals surface area contributed by atoms with E-state index in [1.807, 2.05) is 6.08 Å². The number of hydrogen-bond acceptors (Lipinski definition) is 3. The smallest absolute Gasteiger partial charge is 0.327 e. The lowest BCUT2D eigenvalue weighted by atomic mass is 9.46. The number of allylic oxidation sites excluding steroid dienone is 4. The number of carbonyl (C=O) groups is 1. The lowest BCUT2D eigenvalue weighted by Gasteiger charge is -2.59. The van der Waals surface area contributed by atoms with Crippen LogP contribution >= 0.6 is 0 Å². The molecule has 8 atom stereocenters. The third-order valence-electron chi connectivity index (χ3n) is 8.84. The van der Waals surface area contributed by atoms with E-state index in [0.29, 0.717) is 30.6 Å². The zero-order valence-electron chi connectivity index (χ0n) is 17.3.